The Balaban J connectivity index is 1.79. The molecular weight excluding hydrogens is 306 g/mol. The Morgan fingerprint density at radius 3 is 2.71 bits per heavy atom. The van der Waals surface area contributed by atoms with Gasteiger partial charge in [-0.15, -0.1) is 0 Å². The predicted molar refractivity (Wildman–Crippen MR) is 92.7 cm³/mol. The zero-order valence-corrected chi connectivity index (χ0v) is 14.4. The second kappa shape index (κ2) is 7.32. The Bertz CT molecular complexity index is 718. The quantitative estimate of drug-likeness (QED) is 0.881. The number of ether oxygens (including phenoxy) is 1. The molecule has 24 heavy (non-hydrogen) atoms. The van der Waals surface area contributed by atoms with Gasteiger partial charge in [-0.2, -0.15) is 0 Å². The number of nitrogens with zero attached hydrogens (tertiary/aromatic N) is 3. The summed E-state index contributed by atoms with van der Waals surface area (Å²) in [7, 11) is 0. The van der Waals surface area contributed by atoms with Crippen molar-refractivity contribution in [1.82, 2.24) is 14.5 Å². The predicted octanol–water partition coefficient (Wildman–Crippen LogP) is 2.58. The molecule has 1 aliphatic rings. The minimum absolute atomic E-state index is 0.288. The van der Waals surface area contributed by atoms with Gasteiger partial charge in [0.25, 0.3) is 0 Å². The van der Waals surface area contributed by atoms with Gasteiger partial charge in [0.15, 0.2) is 0 Å². The molecule has 1 saturated heterocycles. The second-order valence-electron chi connectivity index (χ2n) is 6.59. The molecule has 0 saturated carbocycles. The van der Waals surface area contributed by atoms with E-state index in [1.165, 1.54) is 0 Å². The minimum Gasteiger partial charge on any atom is -0.478 e. The zero-order valence-electron chi connectivity index (χ0n) is 14.4. The Morgan fingerprint density at radius 1 is 1.29 bits per heavy atom. The fourth-order valence-corrected chi connectivity index (χ4v) is 3.23. The van der Waals surface area contributed by atoms with E-state index in [1.807, 2.05) is 6.07 Å². The molecule has 2 heterocycles. The second-order valence-corrected chi connectivity index (χ2v) is 6.59. The molecule has 0 atom stereocenters. The van der Waals surface area contributed by atoms with E-state index >= 15 is 0 Å². The maximum absolute atomic E-state index is 11.2. The highest BCUT2D eigenvalue weighted by atomic mass is 16.5. The summed E-state index contributed by atoms with van der Waals surface area (Å²) < 4.78 is 7.63. The van der Waals surface area contributed by atoms with Crippen LogP contribution in [0.3, 0.4) is 0 Å². The van der Waals surface area contributed by atoms with Gasteiger partial charge < -0.3 is 14.4 Å². The van der Waals surface area contributed by atoms with Crippen LogP contribution in [-0.2, 0) is 11.3 Å². The third-order valence-electron chi connectivity index (χ3n) is 4.50. The number of aromatic nitrogens is 2. The molecule has 0 amide bonds. The number of hydrogen-bond acceptors (Lipinski definition) is 4. The van der Waals surface area contributed by atoms with Crippen LogP contribution in [0.25, 0.3) is 11.0 Å². The van der Waals surface area contributed by atoms with Crippen LogP contribution in [-0.4, -0.2) is 58.4 Å². The summed E-state index contributed by atoms with van der Waals surface area (Å²) in [4.78, 5) is 18.3. The number of imidazole rings is 1. The lowest BCUT2D eigenvalue weighted by Crippen LogP contribution is -2.37. The summed E-state index contributed by atoms with van der Waals surface area (Å²) in [5.41, 5.74) is 2.08. The number of aromatic carboxylic acids is 1. The van der Waals surface area contributed by atoms with Crippen LogP contribution in [0.15, 0.2) is 18.2 Å². The first kappa shape index (κ1) is 16.9. The van der Waals surface area contributed by atoms with Gasteiger partial charge in [-0.25, -0.2) is 9.78 Å². The molecule has 1 fully saturated rings. The molecule has 0 bridgehead atoms. The summed E-state index contributed by atoms with van der Waals surface area (Å²) in [5.74, 6) is 0.411. The van der Waals surface area contributed by atoms with E-state index in [0.717, 1.165) is 62.7 Å². The highest BCUT2D eigenvalue weighted by molar-refractivity contribution is 5.92. The normalized spacial score (nSPS) is 16.1. The number of carbonyl (C=O) groups is 1. The largest absolute Gasteiger partial charge is 0.478 e. The van der Waals surface area contributed by atoms with Crippen LogP contribution in [0, 0.1) is 0 Å². The molecule has 0 spiro atoms. The molecule has 1 N–H and O–H groups in total. The standard InChI is InChI=1S/C18H25N3O3/c1-13(2)17-19-15-12-14(18(22)23)4-5-16(15)21(17)7-3-6-20-8-10-24-11-9-20/h4-5,12-13H,3,6-11H2,1-2H3,(H,22,23). The number of carboxylic acid groups (broad SMARTS) is 1. The third-order valence-corrected chi connectivity index (χ3v) is 4.50. The Hall–Kier alpha value is -1.92. The molecule has 6 heteroatoms. The van der Waals surface area contributed by atoms with Gasteiger partial charge in [-0.05, 0) is 24.6 Å². The first-order valence-corrected chi connectivity index (χ1v) is 8.60. The summed E-state index contributed by atoms with van der Waals surface area (Å²) in [6, 6.07) is 5.21. The van der Waals surface area contributed by atoms with Gasteiger partial charge in [-0.1, -0.05) is 13.8 Å². The van der Waals surface area contributed by atoms with Gasteiger partial charge in [0.05, 0.1) is 29.8 Å². The van der Waals surface area contributed by atoms with E-state index in [2.05, 4.69) is 28.3 Å². The molecule has 1 aromatic heterocycles. The first-order chi connectivity index (χ1) is 11.6. The SMILES string of the molecule is CC(C)c1nc2cc(C(=O)O)ccc2n1CCCN1CCOCC1. The Morgan fingerprint density at radius 2 is 2.04 bits per heavy atom. The topological polar surface area (TPSA) is 67.6 Å². The number of hydrogen-bond donors (Lipinski definition) is 1. The molecule has 1 aliphatic heterocycles. The van der Waals surface area contributed by atoms with Crippen molar-refractivity contribution in [3.63, 3.8) is 0 Å². The van der Waals surface area contributed by atoms with Gasteiger partial charge in [0, 0.05) is 32.1 Å². The summed E-state index contributed by atoms with van der Waals surface area (Å²) in [6.07, 6.45) is 1.05. The lowest BCUT2D eigenvalue weighted by Gasteiger charge is -2.26. The minimum atomic E-state index is -0.912. The van der Waals surface area contributed by atoms with Crippen LogP contribution in [0.1, 0.15) is 42.4 Å². The van der Waals surface area contributed by atoms with Crippen LogP contribution < -0.4 is 0 Å². The monoisotopic (exact) mass is 331 g/mol. The lowest BCUT2D eigenvalue weighted by molar-refractivity contribution is 0.0369. The maximum Gasteiger partial charge on any atom is 0.335 e. The first-order valence-electron chi connectivity index (χ1n) is 8.60. The molecule has 3 rings (SSSR count). The molecule has 0 aliphatic carbocycles. The van der Waals surface area contributed by atoms with Crippen molar-refractivity contribution in [2.75, 3.05) is 32.8 Å². The number of carboxylic acids is 1. The zero-order chi connectivity index (χ0) is 17.1. The fourth-order valence-electron chi connectivity index (χ4n) is 3.23. The maximum atomic E-state index is 11.2. The van der Waals surface area contributed by atoms with E-state index in [-0.39, 0.29) is 5.56 Å². The van der Waals surface area contributed by atoms with Gasteiger partial charge in [-0.3, -0.25) is 4.90 Å². The van der Waals surface area contributed by atoms with Gasteiger partial charge in [0.2, 0.25) is 0 Å². The number of aryl methyl sites for hydroxylation is 1. The van der Waals surface area contributed by atoms with E-state index in [9.17, 15) is 4.79 Å². The molecule has 6 nitrogen and oxygen atoms in total. The average Bonchev–Trinajstić information content (AvgIpc) is 2.94. The van der Waals surface area contributed by atoms with Crippen molar-refractivity contribution >= 4 is 17.0 Å². The highest BCUT2D eigenvalue weighted by Gasteiger charge is 2.16. The number of rotatable bonds is 6. The van der Waals surface area contributed by atoms with E-state index in [4.69, 9.17) is 9.84 Å². The van der Waals surface area contributed by atoms with E-state index < -0.39 is 5.97 Å². The van der Waals surface area contributed by atoms with Crippen molar-refractivity contribution in [3.05, 3.63) is 29.6 Å². The summed E-state index contributed by atoms with van der Waals surface area (Å²) >= 11 is 0. The number of morpholine rings is 1. The van der Waals surface area contributed by atoms with Crippen LogP contribution in [0.5, 0.6) is 0 Å². The average molecular weight is 331 g/mol. The molecule has 130 valence electrons. The fraction of sp³-hybridized carbons (Fsp3) is 0.556. The summed E-state index contributed by atoms with van der Waals surface area (Å²) in [5, 5.41) is 9.16. The van der Waals surface area contributed by atoms with Crippen molar-refractivity contribution < 1.29 is 14.6 Å². The Kier molecular flexibility index (Phi) is 5.16. The van der Waals surface area contributed by atoms with E-state index in [0.29, 0.717) is 5.92 Å². The van der Waals surface area contributed by atoms with Gasteiger partial charge >= 0.3 is 5.97 Å². The lowest BCUT2D eigenvalue weighted by atomic mass is 10.2. The van der Waals surface area contributed by atoms with Crippen molar-refractivity contribution in [1.29, 1.82) is 0 Å². The van der Waals surface area contributed by atoms with Crippen LogP contribution in [0.4, 0.5) is 0 Å². The van der Waals surface area contributed by atoms with Crippen molar-refractivity contribution in [2.24, 2.45) is 0 Å². The number of fused-ring (bicyclic) bond motifs is 1. The molecule has 1 aromatic carbocycles. The van der Waals surface area contributed by atoms with Crippen LogP contribution >= 0.6 is 0 Å². The van der Waals surface area contributed by atoms with Crippen LogP contribution in [0.2, 0.25) is 0 Å². The smallest absolute Gasteiger partial charge is 0.335 e. The number of benzene rings is 1. The highest BCUT2D eigenvalue weighted by Crippen LogP contribution is 2.23. The Labute approximate surface area is 142 Å². The van der Waals surface area contributed by atoms with Crippen molar-refractivity contribution in [2.45, 2.75) is 32.7 Å². The molecule has 2 aromatic rings. The molecule has 0 radical (unpaired) electrons. The van der Waals surface area contributed by atoms with E-state index in [1.54, 1.807) is 12.1 Å². The third kappa shape index (κ3) is 3.60. The molecular formula is C18H25N3O3. The summed E-state index contributed by atoms with van der Waals surface area (Å²) in [6.45, 7) is 9.84. The van der Waals surface area contributed by atoms with Crippen molar-refractivity contribution in [3.8, 4) is 0 Å². The molecule has 0 unspecified atom stereocenters. The van der Waals surface area contributed by atoms with Gasteiger partial charge in [0.1, 0.15) is 5.82 Å².